The normalized spacial score (nSPS) is 30.8. The Hall–Kier alpha value is -1.63. The van der Waals surface area contributed by atoms with Crippen LogP contribution in [-0.4, -0.2) is 60.6 Å². The summed E-state index contributed by atoms with van der Waals surface area (Å²) in [4.78, 5) is 36.2. The third kappa shape index (κ3) is 3.72. The zero-order valence-electron chi connectivity index (χ0n) is 12.4. The van der Waals surface area contributed by atoms with Crippen LogP contribution in [0.1, 0.15) is 19.8 Å². The molecule has 0 spiro atoms. The Kier molecular flexibility index (Phi) is 4.82. The largest absolute Gasteiger partial charge is 0.481 e. The molecule has 2 amide bonds. The highest BCUT2D eigenvalue weighted by Gasteiger charge is 2.39. The number of ether oxygens (including phenoxy) is 1. The molecule has 1 saturated heterocycles. The van der Waals surface area contributed by atoms with Crippen molar-refractivity contribution in [3.8, 4) is 0 Å². The summed E-state index contributed by atoms with van der Waals surface area (Å²) in [6.45, 7) is 2.69. The Balaban J connectivity index is 1.74. The van der Waals surface area contributed by atoms with Crippen molar-refractivity contribution >= 4 is 17.8 Å². The van der Waals surface area contributed by atoms with Crippen molar-refractivity contribution in [2.24, 2.45) is 17.8 Å². The molecule has 2 aliphatic rings. The van der Waals surface area contributed by atoms with Crippen LogP contribution in [0, 0.1) is 17.8 Å². The maximum Gasteiger partial charge on any atom is 0.311 e. The predicted octanol–water partition coefficient (Wildman–Crippen LogP) is -0.293. The average Bonchev–Trinajstić information content (AvgIpc) is 2.98. The van der Waals surface area contributed by atoms with E-state index in [4.69, 9.17) is 9.84 Å². The molecule has 2 N–H and O–H groups in total. The molecular weight excluding hydrogens is 276 g/mol. The molecule has 0 radical (unpaired) electrons. The van der Waals surface area contributed by atoms with Gasteiger partial charge in [-0.05, 0) is 12.3 Å². The SMILES string of the molecule is CC1CC1C(=O)NCCC(=O)N(C)C1COCC1C(=O)O. The fourth-order valence-electron chi connectivity index (χ4n) is 2.63. The monoisotopic (exact) mass is 298 g/mol. The van der Waals surface area contributed by atoms with Crippen LogP contribution >= 0.6 is 0 Å². The number of nitrogens with zero attached hydrogens (tertiary/aromatic N) is 1. The summed E-state index contributed by atoms with van der Waals surface area (Å²) >= 11 is 0. The van der Waals surface area contributed by atoms with Crippen molar-refractivity contribution in [1.29, 1.82) is 0 Å². The number of rotatable bonds is 6. The van der Waals surface area contributed by atoms with Crippen LogP contribution in [0.5, 0.6) is 0 Å². The van der Waals surface area contributed by atoms with Crippen LogP contribution in [0.2, 0.25) is 0 Å². The number of carbonyl (C=O) groups excluding carboxylic acids is 2. The first kappa shape index (κ1) is 15.8. The van der Waals surface area contributed by atoms with Crippen molar-refractivity contribution in [1.82, 2.24) is 10.2 Å². The van der Waals surface area contributed by atoms with Crippen LogP contribution < -0.4 is 5.32 Å². The molecule has 0 aromatic carbocycles. The molecule has 1 aliphatic heterocycles. The van der Waals surface area contributed by atoms with Crippen LogP contribution in [0.15, 0.2) is 0 Å². The Bertz CT molecular complexity index is 439. The smallest absolute Gasteiger partial charge is 0.311 e. The van der Waals surface area contributed by atoms with E-state index >= 15 is 0 Å². The summed E-state index contributed by atoms with van der Waals surface area (Å²) in [5, 5.41) is 11.8. The Morgan fingerprint density at radius 2 is 1.95 bits per heavy atom. The maximum absolute atomic E-state index is 12.1. The lowest BCUT2D eigenvalue weighted by molar-refractivity contribution is -0.144. The second-order valence-corrected chi connectivity index (χ2v) is 5.91. The minimum Gasteiger partial charge on any atom is -0.481 e. The Labute approximate surface area is 123 Å². The molecule has 2 fully saturated rings. The van der Waals surface area contributed by atoms with E-state index in [9.17, 15) is 14.4 Å². The quantitative estimate of drug-likeness (QED) is 0.702. The van der Waals surface area contributed by atoms with Crippen LogP contribution in [0.25, 0.3) is 0 Å². The van der Waals surface area contributed by atoms with Gasteiger partial charge in [0.15, 0.2) is 0 Å². The standard InChI is InChI=1S/C14H22N2O5/c1-8-5-9(8)13(18)15-4-3-12(17)16(2)11-7-21-6-10(11)14(19)20/h8-11H,3-7H2,1-2H3,(H,15,18)(H,19,20). The molecule has 2 rings (SSSR count). The van der Waals surface area contributed by atoms with Crippen molar-refractivity contribution in [2.75, 3.05) is 26.8 Å². The van der Waals surface area contributed by atoms with Gasteiger partial charge in [0.2, 0.25) is 11.8 Å². The summed E-state index contributed by atoms with van der Waals surface area (Å²) in [5.41, 5.74) is 0. The van der Waals surface area contributed by atoms with E-state index in [1.54, 1.807) is 7.05 Å². The molecule has 1 heterocycles. The van der Waals surface area contributed by atoms with Gasteiger partial charge in [0.05, 0.1) is 19.3 Å². The lowest BCUT2D eigenvalue weighted by Crippen LogP contribution is -2.45. The summed E-state index contributed by atoms with van der Waals surface area (Å²) < 4.78 is 5.15. The van der Waals surface area contributed by atoms with E-state index in [2.05, 4.69) is 5.32 Å². The van der Waals surface area contributed by atoms with Gasteiger partial charge >= 0.3 is 5.97 Å². The molecular formula is C14H22N2O5. The molecule has 21 heavy (non-hydrogen) atoms. The van der Waals surface area contributed by atoms with Gasteiger partial charge in [-0.2, -0.15) is 0 Å². The number of carbonyl (C=O) groups is 3. The second kappa shape index (κ2) is 6.43. The molecule has 0 bridgehead atoms. The summed E-state index contributed by atoms with van der Waals surface area (Å²) in [7, 11) is 1.59. The number of aliphatic carboxylic acids is 1. The van der Waals surface area contributed by atoms with E-state index in [-0.39, 0.29) is 43.9 Å². The summed E-state index contributed by atoms with van der Waals surface area (Å²) in [6, 6.07) is -0.436. The lowest BCUT2D eigenvalue weighted by atomic mass is 10.0. The molecule has 0 aromatic rings. The van der Waals surface area contributed by atoms with E-state index in [0.29, 0.717) is 5.92 Å². The van der Waals surface area contributed by atoms with Crippen molar-refractivity contribution in [3.05, 3.63) is 0 Å². The van der Waals surface area contributed by atoms with Gasteiger partial charge in [0.25, 0.3) is 0 Å². The first-order chi connectivity index (χ1) is 9.91. The molecule has 1 saturated carbocycles. The molecule has 118 valence electrons. The number of amides is 2. The van der Waals surface area contributed by atoms with Crippen LogP contribution in [0.4, 0.5) is 0 Å². The van der Waals surface area contributed by atoms with Crippen molar-refractivity contribution < 1.29 is 24.2 Å². The highest BCUT2D eigenvalue weighted by atomic mass is 16.5. The molecule has 0 aromatic heterocycles. The molecule has 4 atom stereocenters. The fraction of sp³-hybridized carbons (Fsp3) is 0.786. The lowest BCUT2D eigenvalue weighted by Gasteiger charge is -2.26. The van der Waals surface area contributed by atoms with Gasteiger partial charge in [-0.15, -0.1) is 0 Å². The van der Waals surface area contributed by atoms with E-state index in [0.717, 1.165) is 6.42 Å². The first-order valence-corrected chi connectivity index (χ1v) is 7.25. The summed E-state index contributed by atoms with van der Waals surface area (Å²) in [5.74, 6) is -1.27. The minimum atomic E-state index is -0.951. The zero-order chi connectivity index (χ0) is 15.6. The molecule has 1 aliphatic carbocycles. The van der Waals surface area contributed by atoms with E-state index in [1.165, 1.54) is 4.90 Å². The number of likely N-dealkylation sites (N-methyl/N-ethyl adjacent to an activating group) is 1. The third-order valence-electron chi connectivity index (χ3n) is 4.34. The second-order valence-electron chi connectivity index (χ2n) is 5.91. The van der Waals surface area contributed by atoms with Crippen molar-refractivity contribution in [3.63, 3.8) is 0 Å². The maximum atomic E-state index is 12.1. The highest BCUT2D eigenvalue weighted by Crippen LogP contribution is 2.37. The fourth-order valence-corrected chi connectivity index (χ4v) is 2.63. The van der Waals surface area contributed by atoms with Crippen LogP contribution in [0.3, 0.4) is 0 Å². The average molecular weight is 298 g/mol. The Morgan fingerprint density at radius 3 is 2.52 bits per heavy atom. The van der Waals surface area contributed by atoms with E-state index in [1.807, 2.05) is 6.92 Å². The minimum absolute atomic E-state index is 0.00515. The number of nitrogens with one attached hydrogen (secondary N) is 1. The first-order valence-electron chi connectivity index (χ1n) is 7.25. The number of hydrogen-bond acceptors (Lipinski definition) is 4. The number of carboxylic acids is 1. The van der Waals surface area contributed by atoms with Gasteiger partial charge in [-0.1, -0.05) is 6.92 Å². The van der Waals surface area contributed by atoms with Crippen LogP contribution in [-0.2, 0) is 19.1 Å². The summed E-state index contributed by atoms with van der Waals surface area (Å²) in [6.07, 6.45) is 1.09. The van der Waals surface area contributed by atoms with Gasteiger partial charge in [-0.25, -0.2) is 0 Å². The van der Waals surface area contributed by atoms with Gasteiger partial charge in [-0.3, -0.25) is 14.4 Å². The zero-order valence-corrected chi connectivity index (χ0v) is 12.4. The molecule has 7 nitrogen and oxygen atoms in total. The molecule has 4 unspecified atom stereocenters. The highest BCUT2D eigenvalue weighted by molar-refractivity contribution is 5.82. The third-order valence-corrected chi connectivity index (χ3v) is 4.34. The number of carboxylic acid groups (broad SMARTS) is 1. The number of hydrogen-bond donors (Lipinski definition) is 2. The topological polar surface area (TPSA) is 95.9 Å². The van der Waals surface area contributed by atoms with E-state index < -0.39 is 17.9 Å². The molecule has 7 heteroatoms. The van der Waals surface area contributed by atoms with Gasteiger partial charge < -0.3 is 20.1 Å². The Morgan fingerprint density at radius 1 is 1.29 bits per heavy atom. The predicted molar refractivity (Wildman–Crippen MR) is 73.4 cm³/mol. The van der Waals surface area contributed by atoms with Crippen molar-refractivity contribution in [2.45, 2.75) is 25.8 Å². The van der Waals surface area contributed by atoms with Gasteiger partial charge in [0, 0.05) is 25.9 Å². The van der Waals surface area contributed by atoms with Gasteiger partial charge in [0.1, 0.15) is 5.92 Å².